The maximum absolute atomic E-state index is 12.0. The zero-order valence-corrected chi connectivity index (χ0v) is 15.5. The SMILES string of the molecule is N#Cc1ccc(-c2ccc(OC(=O)/C=C/c3ccc(Cl)cc3Cl)cc2)cc1. The first-order chi connectivity index (χ1) is 13.0. The molecule has 0 fully saturated rings. The van der Waals surface area contributed by atoms with Crippen LogP contribution in [0.4, 0.5) is 0 Å². The largest absolute Gasteiger partial charge is 0.423 e. The van der Waals surface area contributed by atoms with Gasteiger partial charge in [-0.3, -0.25) is 0 Å². The van der Waals surface area contributed by atoms with Crippen molar-refractivity contribution >= 4 is 35.2 Å². The molecule has 0 aliphatic carbocycles. The van der Waals surface area contributed by atoms with Gasteiger partial charge in [0.15, 0.2) is 0 Å². The minimum absolute atomic E-state index is 0.434. The standard InChI is InChI=1S/C22H13Cl2NO2/c23-19-9-5-18(21(24)13-19)8-12-22(26)27-20-10-6-17(7-11-20)16-3-1-15(14-25)2-4-16/h1-13H/b12-8+. The van der Waals surface area contributed by atoms with E-state index in [1.165, 1.54) is 6.08 Å². The van der Waals surface area contributed by atoms with E-state index in [1.54, 1.807) is 48.5 Å². The van der Waals surface area contributed by atoms with Gasteiger partial charge in [-0.25, -0.2) is 4.79 Å². The van der Waals surface area contributed by atoms with Crippen molar-refractivity contribution in [2.24, 2.45) is 0 Å². The summed E-state index contributed by atoms with van der Waals surface area (Å²) in [7, 11) is 0. The van der Waals surface area contributed by atoms with Crippen LogP contribution >= 0.6 is 23.2 Å². The lowest BCUT2D eigenvalue weighted by molar-refractivity contribution is -0.128. The van der Waals surface area contributed by atoms with E-state index < -0.39 is 5.97 Å². The molecule has 0 saturated carbocycles. The summed E-state index contributed by atoms with van der Waals surface area (Å²) in [6, 6.07) is 21.5. The molecule has 0 heterocycles. The number of carbonyl (C=O) groups excluding carboxylic acids is 1. The van der Waals surface area contributed by atoms with Gasteiger partial charge in [0.1, 0.15) is 5.75 Å². The van der Waals surface area contributed by atoms with Gasteiger partial charge in [0.25, 0.3) is 0 Å². The third-order valence-corrected chi connectivity index (χ3v) is 4.34. The summed E-state index contributed by atoms with van der Waals surface area (Å²) in [5.74, 6) is -0.0728. The van der Waals surface area contributed by atoms with Gasteiger partial charge in [-0.2, -0.15) is 5.26 Å². The van der Waals surface area contributed by atoms with Gasteiger partial charge in [0.2, 0.25) is 0 Å². The maximum atomic E-state index is 12.0. The van der Waals surface area contributed by atoms with Crippen molar-refractivity contribution in [1.82, 2.24) is 0 Å². The van der Waals surface area contributed by atoms with Crippen molar-refractivity contribution < 1.29 is 9.53 Å². The van der Waals surface area contributed by atoms with Crippen molar-refractivity contribution in [3.8, 4) is 22.9 Å². The summed E-state index contributed by atoms with van der Waals surface area (Å²) in [5.41, 5.74) is 3.22. The van der Waals surface area contributed by atoms with Crippen molar-refractivity contribution in [2.75, 3.05) is 0 Å². The molecular weight excluding hydrogens is 381 g/mol. The fourth-order valence-corrected chi connectivity index (χ4v) is 2.87. The highest BCUT2D eigenvalue weighted by molar-refractivity contribution is 6.35. The Morgan fingerprint density at radius 2 is 1.56 bits per heavy atom. The monoisotopic (exact) mass is 393 g/mol. The molecule has 27 heavy (non-hydrogen) atoms. The Hall–Kier alpha value is -3.06. The lowest BCUT2D eigenvalue weighted by Gasteiger charge is -2.05. The molecule has 3 nitrogen and oxygen atoms in total. The van der Waals surface area contributed by atoms with E-state index in [4.69, 9.17) is 33.2 Å². The van der Waals surface area contributed by atoms with Crippen LogP contribution < -0.4 is 4.74 Å². The molecule has 0 radical (unpaired) electrons. The predicted octanol–water partition coefficient (Wildman–Crippen LogP) is 6.15. The molecule has 3 aromatic rings. The zero-order valence-electron chi connectivity index (χ0n) is 14.0. The molecule has 0 unspecified atom stereocenters. The van der Waals surface area contributed by atoms with E-state index >= 15 is 0 Å². The van der Waals surface area contributed by atoms with E-state index in [0.29, 0.717) is 26.9 Å². The Bertz CT molecular complexity index is 1030. The summed E-state index contributed by atoms with van der Waals surface area (Å²) in [6.07, 6.45) is 2.88. The second-order valence-corrected chi connectivity index (χ2v) is 6.48. The highest BCUT2D eigenvalue weighted by Gasteiger charge is 2.04. The summed E-state index contributed by atoms with van der Waals surface area (Å²) in [6.45, 7) is 0. The number of halogens is 2. The van der Waals surface area contributed by atoms with Crippen LogP contribution in [0.1, 0.15) is 11.1 Å². The lowest BCUT2D eigenvalue weighted by atomic mass is 10.0. The molecule has 0 aliphatic heterocycles. The molecule has 132 valence electrons. The molecule has 0 aromatic heterocycles. The smallest absolute Gasteiger partial charge is 0.336 e. The van der Waals surface area contributed by atoms with Crippen LogP contribution in [0.5, 0.6) is 5.75 Å². The predicted molar refractivity (Wildman–Crippen MR) is 108 cm³/mol. The average molecular weight is 394 g/mol. The van der Waals surface area contributed by atoms with Crippen LogP contribution in [-0.4, -0.2) is 5.97 Å². The molecule has 3 rings (SSSR count). The van der Waals surface area contributed by atoms with Crippen LogP contribution in [0, 0.1) is 11.3 Å². The first-order valence-corrected chi connectivity index (χ1v) is 8.76. The van der Waals surface area contributed by atoms with Crippen molar-refractivity contribution in [3.05, 3.63) is 94.0 Å². The molecule has 0 aliphatic rings. The fraction of sp³-hybridized carbons (Fsp3) is 0. The van der Waals surface area contributed by atoms with Crippen LogP contribution in [0.15, 0.2) is 72.8 Å². The van der Waals surface area contributed by atoms with Gasteiger partial charge >= 0.3 is 5.97 Å². The third kappa shape index (κ3) is 4.98. The number of benzene rings is 3. The Kier molecular flexibility index (Phi) is 5.93. The Morgan fingerprint density at radius 3 is 2.15 bits per heavy atom. The van der Waals surface area contributed by atoms with Crippen LogP contribution in [-0.2, 0) is 4.79 Å². The van der Waals surface area contributed by atoms with Crippen LogP contribution in [0.25, 0.3) is 17.2 Å². The number of esters is 1. The van der Waals surface area contributed by atoms with E-state index in [0.717, 1.165) is 11.1 Å². The quantitative estimate of drug-likeness (QED) is 0.303. The summed E-state index contributed by atoms with van der Waals surface area (Å²) >= 11 is 11.9. The van der Waals surface area contributed by atoms with Crippen molar-refractivity contribution in [3.63, 3.8) is 0 Å². The third-order valence-electron chi connectivity index (χ3n) is 3.78. The van der Waals surface area contributed by atoms with Gasteiger partial charge in [0, 0.05) is 16.1 Å². The molecule has 0 atom stereocenters. The number of carbonyl (C=O) groups is 1. The first kappa shape index (κ1) is 18.7. The fourth-order valence-electron chi connectivity index (χ4n) is 2.40. The summed E-state index contributed by atoms with van der Waals surface area (Å²) in [4.78, 5) is 12.0. The Morgan fingerprint density at radius 1 is 0.926 bits per heavy atom. The Balaban J connectivity index is 1.66. The molecule has 0 saturated heterocycles. The van der Waals surface area contributed by atoms with E-state index in [9.17, 15) is 4.79 Å². The molecule has 0 spiro atoms. The first-order valence-electron chi connectivity index (χ1n) is 8.01. The maximum Gasteiger partial charge on any atom is 0.336 e. The van der Waals surface area contributed by atoms with E-state index in [1.807, 2.05) is 24.3 Å². The number of hydrogen-bond acceptors (Lipinski definition) is 3. The molecule has 0 amide bonds. The second kappa shape index (κ2) is 8.55. The van der Waals surface area contributed by atoms with Gasteiger partial charge in [-0.15, -0.1) is 0 Å². The number of hydrogen-bond donors (Lipinski definition) is 0. The highest BCUT2D eigenvalue weighted by atomic mass is 35.5. The summed E-state index contributed by atoms with van der Waals surface area (Å²) in [5, 5.41) is 9.83. The molecule has 0 bridgehead atoms. The van der Waals surface area contributed by atoms with Gasteiger partial charge in [-0.05, 0) is 59.2 Å². The van der Waals surface area contributed by atoms with Crippen molar-refractivity contribution in [1.29, 1.82) is 5.26 Å². The number of rotatable bonds is 4. The zero-order chi connectivity index (χ0) is 19.2. The molecule has 5 heteroatoms. The molecule has 0 N–H and O–H groups in total. The topological polar surface area (TPSA) is 50.1 Å². The molecular formula is C22H13Cl2NO2. The van der Waals surface area contributed by atoms with Crippen LogP contribution in [0.2, 0.25) is 10.0 Å². The molecule has 3 aromatic carbocycles. The minimum atomic E-state index is -0.507. The van der Waals surface area contributed by atoms with Gasteiger partial charge in [0.05, 0.1) is 11.6 Å². The number of nitriles is 1. The number of nitrogens with zero attached hydrogens (tertiary/aromatic N) is 1. The summed E-state index contributed by atoms with van der Waals surface area (Å²) < 4.78 is 5.29. The minimum Gasteiger partial charge on any atom is -0.423 e. The average Bonchev–Trinajstić information content (AvgIpc) is 2.68. The lowest BCUT2D eigenvalue weighted by Crippen LogP contribution is -2.03. The highest BCUT2D eigenvalue weighted by Crippen LogP contribution is 2.24. The Labute approximate surface area is 167 Å². The van der Waals surface area contributed by atoms with Gasteiger partial charge < -0.3 is 4.74 Å². The van der Waals surface area contributed by atoms with E-state index in [2.05, 4.69) is 6.07 Å². The second-order valence-electron chi connectivity index (χ2n) is 5.63. The normalized spacial score (nSPS) is 10.6. The van der Waals surface area contributed by atoms with E-state index in [-0.39, 0.29) is 0 Å². The van der Waals surface area contributed by atoms with Crippen molar-refractivity contribution in [2.45, 2.75) is 0 Å². The number of ether oxygens (including phenoxy) is 1. The van der Waals surface area contributed by atoms with Gasteiger partial charge in [-0.1, -0.05) is 53.5 Å². The van der Waals surface area contributed by atoms with Crippen LogP contribution in [0.3, 0.4) is 0 Å².